The molecule has 1 aromatic heterocycles. The fourth-order valence-electron chi connectivity index (χ4n) is 1.50. The van der Waals surface area contributed by atoms with Gasteiger partial charge in [-0.3, -0.25) is 9.71 Å². The van der Waals surface area contributed by atoms with Crippen molar-refractivity contribution in [2.45, 2.75) is 4.90 Å². The van der Waals surface area contributed by atoms with E-state index in [-0.39, 0.29) is 10.6 Å². The SMILES string of the molecule is COc1cc(Br)ccc1S(=O)(=O)Nc1cccnc1. The highest BCUT2D eigenvalue weighted by Crippen LogP contribution is 2.28. The van der Waals surface area contributed by atoms with E-state index in [1.165, 1.54) is 19.4 Å². The van der Waals surface area contributed by atoms with Crippen LogP contribution in [0.5, 0.6) is 5.75 Å². The third-order valence-corrected chi connectivity index (χ3v) is 4.24. The number of halogens is 1. The molecule has 0 saturated heterocycles. The van der Waals surface area contributed by atoms with Gasteiger partial charge in [-0.25, -0.2) is 8.42 Å². The molecule has 0 aliphatic rings. The van der Waals surface area contributed by atoms with E-state index >= 15 is 0 Å². The summed E-state index contributed by atoms with van der Waals surface area (Å²) >= 11 is 3.27. The highest BCUT2D eigenvalue weighted by Gasteiger charge is 2.19. The number of sulfonamides is 1. The van der Waals surface area contributed by atoms with Gasteiger partial charge in [-0.2, -0.15) is 0 Å². The smallest absolute Gasteiger partial charge is 0.265 e. The van der Waals surface area contributed by atoms with Crippen molar-refractivity contribution < 1.29 is 13.2 Å². The van der Waals surface area contributed by atoms with Crippen LogP contribution in [0.4, 0.5) is 5.69 Å². The summed E-state index contributed by atoms with van der Waals surface area (Å²) in [6.45, 7) is 0. The van der Waals surface area contributed by atoms with Crippen molar-refractivity contribution in [3.8, 4) is 5.75 Å². The number of anilines is 1. The van der Waals surface area contributed by atoms with Crippen LogP contribution in [0.15, 0.2) is 52.1 Å². The molecular weight excluding hydrogens is 332 g/mol. The molecule has 100 valence electrons. The molecule has 1 heterocycles. The van der Waals surface area contributed by atoms with Gasteiger partial charge in [-0.05, 0) is 30.3 Å². The average molecular weight is 343 g/mol. The van der Waals surface area contributed by atoms with E-state index in [0.29, 0.717) is 5.69 Å². The lowest BCUT2D eigenvalue weighted by Gasteiger charge is -2.11. The van der Waals surface area contributed by atoms with Gasteiger partial charge in [0.2, 0.25) is 0 Å². The van der Waals surface area contributed by atoms with Gasteiger partial charge in [-0.1, -0.05) is 15.9 Å². The maximum absolute atomic E-state index is 12.3. The Balaban J connectivity index is 2.40. The number of benzene rings is 1. The van der Waals surface area contributed by atoms with Crippen molar-refractivity contribution in [3.63, 3.8) is 0 Å². The van der Waals surface area contributed by atoms with Gasteiger partial charge in [-0.15, -0.1) is 0 Å². The molecule has 0 aliphatic carbocycles. The van der Waals surface area contributed by atoms with Gasteiger partial charge in [0.1, 0.15) is 10.6 Å². The van der Waals surface area contributed by atoms with Crippen LogP contribution >= 0.6 is 15.9 Å². The number of methoxy groups -OCH3 is 1. The van der Waals surface area contributed by atoms with E-state index in [1.807, 2.05) is 0 Å². The molecule has 0 bridgehead atoms. The van der Waals surface area contributed by atoms with Crippen molar-refractivity contribution in [2.24, 2.45) is 0 Å². The first-order valence-electron chi connectivity index (χ1n) is 5.29. The maximum Gasteiger partial charge on any atom is 0.265 e. The Morgan fingerprint density at radius 2 is 2.11 bits per heavy atom. The quantitative estimate of drug-likeness (QED) is 0.927. The molecule has 5 nitrogen and oxygen atoms in total. The number of nitrogens with one attached hydrogen (secondary N) is 1. The topological polar surface area (TPSA) is 68.3 Å². The lowest BCUT2D eigenvalue weighted by atomic mass is 10.3. The van der Waals surface area contributed by atoms with Crippen molar-refractivity contribution in [3.05, 3.63) is 47.2 Å². The summed E-state index contributed by atoms with van der Waals surface area (Å²) in [5.74, 6) is 0.269. The monoisotopic (exact) mass is 342 g/mol. The van der Waals surface area contributed by atoms with Crippen molar-refractivity contribution in [1.82, 2.24) is 4.98 Å². The zero-order chi connectivity index (χ0) is 13.9. The molecule has 19 heavy (non-hydrogen) atoms. The van der Waals surface area contributed by atoms with Crippen LogP contribution in [0.25, 0.3) is 0 Å². The van der Waals surface area contributed by atoms with E-state index in [4.69, 9.17) is 4.74 Å². The van der Waals surface area contributed by atoms with Crippen LogP contribution in [-0.2, 0) is 10.0 Å². The fraction of sp³-hybridized carbons (Fsp3) is 0.0833. The molecule has 0 radical (unpaired) electrons. The molecule has 7 heteroatoms. The van der Waals surface area contributed by atoms with Crippen LogP contribution in [0.3, 0.4) is 0 Å². The first-order chi connectivity index (χ1) is 9.03. The van der Waals surface area contributed by atoms with Crippen molar-refractivity contribution >= 4 is 31.6 Å². The van der Waals surface area contributed by atoms with Gasteiger partial charge in [0.05, 0.1) is 19.0 Å². The number of pyridine rings is 1. The summed E-state index contributed by atoms with van der Waals surface area (Å²) in [7, 11) is -2.29. The summed E-state index contributed by atoms with van der Waals surface area (Å²) in [6.07, 6.45) is 3.00. The zero-order valence-corrected chi connectivity index (χ0v) is 12.4. The van der Waals surface area contributed by atoms with E-state index in [0.717, 1.165) is 4.47 Å². The molecule has 1 aromatic carbocycles. The first kappa shape index (κ1) is 13.8. The zero-order valence-electron chi connectivity index (χ0n) is 10.00. The molecule has 2 rings (SSSR count). The van der Waals surface area contributed by atoms with Crippen LogP contribution < -0.4 is 9.46 Å². The Kier molecular flexibility index (Phi) is 4.06. The largest absolute Gasteiger partial charge is 0.495 e. The highest BCUT2D eigenvalue weighted by molar-refractivity contribution is 9.10. The number of hydrogen-bond acceptors (Lipinski definition) is 4. The molecular formula is C12H11BrN2O3S. The van der Waals surface area contributed by atoms with Gasteiger partial charge in [0.25, 0.3) is 10.0 Å². The minimum atomic E-state index is -3.71. The lowest BCUT2D eigenvalue weighted by molar-refractivity contribution is 0.402. The minimum absolute atomic E-state index is 0.0713. The minimum Gasteiger partial charge on any atom is -0.495 e. The summed E-state index contributed by atoms with van der Waals surface area (Å²) in [6, 6.07) is 7.98. The summed E-state index contributed by atoms with van der Waals surface area (Å²) in [4.78, 5) is 3.92. The number of rotatable bonds is 4. The normalized spacial score (nSPS) is 11.1. The Hall–Kier alpha value is -1.60. The van der Waals surface area contributed by atoms with Crippen LogP contribution in [-0.4, -0.2) is 20.5 Å². The van der Waals surface area contributed by atoms with Gasteiger partial charge in [0, 0.05) is 10.7 Å². The third kappa shape index (κ3) is 3.24. The number of hydrogen-bond donors (Lipinski definition) is 1. The lowest BCUT2D eigenvalue weighted by Crippen LogP contribution is -2.14. The van der Waals surface area contributed by atoms with Crippen molar-refractivity contribution in [1.29, 1.82) is 0 Å². The molecule has 1 N–H and O–H groups in total. The van der Waals surface area contributed by atoms with Crippen molar-refractivity contribution in [2.75, 3.05) is 11.8 Å². The Morgan fingerprint density at radius 3 is 2.74 bits per heavy atom. The maximum atomic E-state index is 12.3. The molecule has 0 atom stereocenters. The second kappa shape index (κ2) is 5.58. The number of aromatic nitrogens is 1. The Morgan fingerprint density at radius 1 is 1.32 bits per heavy atom. The van der Waals surface area contributed by atoms with E-state index in [1.54, 1.807) is 30.5 Å². The van der Waals surface area contributed by atoms with E-state index in [2.05, 4.69) is 25.6 Å². The third-order valence-electron chi connectivity index (χ3n) is 2.33. The van der Waals surface area contributed by atoms with Gasteiger partial charge < -0.3 is 4.74 Å². The molecule has 0 aliphatic heterocycles. The molecule has 0 unspecified atom stereocenters. The average Bonchev–Trinajstić information content (AvgIpc) is 2.38. The molecule has 0 spiro atoms. The standard InChI is InChI=1S/C12H11BrN2O3S/c1-18-11-7-9(13)4-5-12(11)19(16,17)15-10-3-2-6-14-8-10/h2-8,15H,1H3. The first-order valence-corrected chi connectivity index (χ1v) is 7.57. The predicted octanol–water partition coefficient (Wildman–Crippen LogP) is 2.65. The van der Waals surface area contributed by atoms with Crippen LogP contribution in [0.2, 0.25) is 0 Å². The number of ether oxygens (including phenoxy) is 1. The van der Waals surface area contributed by atoms with Crippen LogP contribution in [0.1, 0.15) is 0 Å². The van der Waals surface area contributed by atoms with E-state index < -0.39 is 10.0 Å². The summed E-state index contributed by atoms with van der Waals surface area (Å²) in [5.41, 5.74) is 0.396. The Labute approximate surface area is 119 Å². The number of nitrogens with zero attached hydrogens (tertiary/aromatic N) is 1. The predicted molar refractivity (Wildman–Crippen MR) is 75.7 cm³/mol. The fourth-order valence-corrected chi connectivity index (χ4v) is 3.03. The van der Waals surface area contributed by atoms with Gasteiger partial charge in [0.15, 0.2) is 0 Å². The van der Waals surface area contributed by atoms with Gasteiger partial charge >= 0.3 is 0 Å². The second-order valence-electron chi connectivity index (χ2n) is 3.64. The van der Waals surface area contributed by atoms with Crippen LogP contribution in [0, 0.1) is 0 Å². The molecule has 0 amide bonds. The Bertz CT molecular complexity index is 675. The van der Waals surface area contributed by atoms with E-state index in [9.17, 15) is 8.42 Å². The molecule has 0 saturated carbocycles. The summed E-state index contributed by atoms with van der Waals surface area (Å²) in [5, 5.41) is 0. The highest BCUT2D eigenvalue weighted by atomic mass is 79.9. The molecule has 0 fully saturated rings. The summed E-state index contributed by atoms with van der Waals surface area (Å²) < 4.78 is 32.8. The molecule has 2 aromatic rings. The second-order valence-corrected chi connectivity index (χ2v) is 6.21.